The van der Waals surface area contributed by atoms with Crippen molar-refractivity contribution in [2.24, 2.45) is 0 Å². The maximum absolute atomic E-state index is 14.5. The minimum absolute atomic E-state index is 0.0986. The molecule has 28 heavy (non-hydrogen) atoms. The van der Waals surface area contributed by atoms with Crippen molar-refractivity contribution in [3.05, 3.63) is 83.6 Å². The maximum Gasteiger partial charge on any atom is 0.287 e. The van der Waals surface area contributed by atoms with Crippen molar-refractivity contribution in [2.45, 2.75) is 12.6 Å². The second-order valence-corrected chi connectivity index (χ2v) is 6.44. The summed E-state index contributed by atoms with van der Waals surface area (Å²) in [7, 11) is 0. The van der Waals surface area contributed by atoms with Crippen LogP contribution in [0.25, 0.3) is 0 Å². The number of hydrogen-bond donors (Lipinski definition) is 1. The van der Waals surface area contributed by atoms with Gasteiger partial charge in [0, 0.05) is 36.6 Å². The number of halogens is 2. The molecule has 2 amide bonds. The molecule has 2 aromatic heterocycles. The Morgan fingerprint density at radius 2 is 2.00 bits per heavy atom. The molecule has 6 nitrogen and oxygen atoms in total. The second kappa shape index (κ2) is 7.30. The highest BCUT2D eigenvalue weighted by atomic mass is 19.1. The number of carbonyl (C=O) groups is 2. The lowest BCUT2D eigenvalue weighted by Crippen LogP contribution is -2.46. The number of nitrogens with one attached hydrogen (secondary N) is 1. The number of nitrogens with zero attached hydrogens (tertiary/aromatic N) is 2. The molecule has 1 aromatic carbocycles. The summed E-state index contributed by atoms with van der Waals surface area (Å²) in [5.41, 5.74) is 0.925. The van der Waals surface area contributed by atoms with E-state index >= 15 is 0 Å². The van der Waals surface area contributed by atoms with Crippen LogP contribution in [0, 0.1) is 11.6 Å². The minimum atomic E-state index is -0.725. The third-order valence-corrected chi connectivity index (χ3v) is 4.76. The van der Waals surface area contributed by atoms with Crippen LogP contribution in [0.4, 0.5) is 8.78 Å². The molecule has 144 valence electrons. The van der Waals surface area contributed by atoms with Gasteiger partial charge in [-0.25, -0.2) is 8.78 Å². The molecule has 3 aromatic rings. The van der Waals surface area contributed by atoms with E-state index in [1.165, 1.54) is 29.4 Å². The number of rotatable bonds is 4. The first kappa shape index (κ1) is 18.0. The molecule has 1 N–H and O–H groups in total. The molecule has 0 saturated heterocycles. The summed E-state index contributed by atoms with van der Waals surface area (Å²) in [6.45, 7) is 0.609. The van der Waals surface area contributed by atoms with Gasteiger partial charge < -0.3 is 19.2 Å². The van der Waals surface area contributed by atoms with E-state index in [9.17, 15) is 18.4 Å². The Bertz CT molecular complexity index is 1010. The summed E-state index contributed by atoms with van der Waals surface area (Å²) in [6.07, 6.45) is 3.22. The fourth-order valence-corrected chi connectivity index (χ4v) is 3.45. The van der Waals surface area contributed by atoms with Crippen molar-refractivity contribution in [2.75, 3.05) is 13.1 Å². The summed E-state index contributed by atoms with van der Waals surface area (Å²) in [5, 5.41) is 2.51. The van der Waals surface area contributed by atoms with Gasteiger partial charge in [-0.05, 0) is 30.3 Å². The highest BCUT2D eigenvalue weighted by Crippen LogP contribution is 2.34. The van der Waals surface area contributed by atoms with Crippen LogP contribution in [0.1, 0.15) is 27.9 Å². The van der Waals surface area contributed by atoms with Crippen LogP contribution in [0.2, 0.25) is 0 Å². The lowest BCUT2D eigenvalue weighted by molar-refractivity contribution is -0.132. The standard InChI is InChI=1S/C20H17F2N3O3/c21-13-5-6-14(15(22)11-13)19-16-3-1-7-24(16)8-9-25(19)18(26)12-23-20(27)17-4-2-10-28-17/h1-7,10-11,19H,8-9,12H2,(H,23,27)/t19-/m1/s1. The quantitative estimate of drug-likeness (QED) is 0.751. The van der Waals surface area contributed by atoms with Crippen LogP contribution >= 0.6 is 0 Å². The second-order valence-electron chi connectivity index (χ2n) is 6.44. The van der Waals surface area contributed by atoms with Gasteiger partial charge in [-0.2, -0.15) is 0 Å². The molecule has 8 heteroatoms. The molecule has 0 spiro atoms. The van der Waals surface area contributed by atoms with Crippen molar-refractivity contribution in [1.82, 2.24) is 14.8 Å². The molecule has 0 bridgehead atoms. The first-order valence-corrected chi connectivity index (χ1v) is 8.76. The van der Waals surface area contributed by atoms with Gasteiger partial charge in [-0.1, -0.05) is 6.07 Å². The summed E-state index contributed by atoms with van der Waals surface area (Å²) in [4.78, 5) is 26.3. The van der Waals surface area contributed by atoms with E-state index in [0.29, 0.717) is 13.1 Å². The Morgan fingerprint density at radius 3 is 2.75 bits per heavy atom. The number of aromatic nitrogens is 1. The summed E-state index contributed by atoms with van der Waals surface area (Å²) in [5.74, 6) is -2.20. The van der Waals surface area contributed by atoms with Crippen molar-refractivity contribution in [1.29, 1.82) is 0 Å². The van der Waals surface area contributed by atoms with Gasteiger partial charge in [-0.15, -0.1) is 0 Å². The third kappa shape index (κ3) is 3.28. The number of amides is 2. The molecule has 0 unspecified atom stereocenters. The van der Waals surface area contributed by atoms with E-state index in [4.69, 9.17) is 4.42 Å². The number of fused-ring (bicyclic) bond motifs is 1. The topological polar surface area (TPSA) is 67.5 Å². The summed E-state index contributed by atoms with van der Waals surface area (Å²) >= 11 is 0. The largest absolute Gasteiger partial charge is 0.459 e. The van der Waals surface area contributed by atoms with Crippen molar-refractivity contribution in [3.63, 3.8) is 0 Å². The first-order valence-electron chi connectivity index (χ1n) is 8.76. The van der Waals surface area contributed by atoms with E-state index in [1.807, 2.05) is 16.8 Å². The maximum atomic E-state index is 14.5. The van der Waals surface area contributed by atoms with E-state index in [1.54, 1.807) is 12.1 Å². The van der Waals surface area contributed by atoms with E-state index in [2.05, 4.69) is 5.32 Å². The molecule has 0 fully saturated rings. The molecule has 0 aliphatic carbocycles. The van der Waals surface area contributed by atoms with Crippen LogP contribution in [-0.2, 0) is 11.3 Å². The zero-order chi connectivity index (χ0) is 19.7. The average molecular weight is 385 g/mol. The van der Waals surface area contributed by atoms with Gasteiger partial charge in [0.25, 0.3) is 5.91 Å². The zero-order valence-electron chi connectivity index (χ0n) is 14.8. The molecular formula is C20H17F2N3O3. The van der Waals surface area contributed by atoms with Gasteiger partial charge in [0.2, 0.25) is 5.91 Å². The third-order valence-electron chi connectivity index (χ3n) is 4.76. The highest BCUT2D eigenvalue weighted by Gasteiger charge is 2.34. The van der Waals surface area contributed by atoms with Crippen LogP contribution in [0.5, 0.6) is 0 Å². The average Bonchev–Trinajstić information content (AvgIpc) is 3.37. The first-order chi connectivity index (χ1) is 13.5. The Hall–Kier alpha value is -3.42. The van der Waals surface area contributed by atoms with Crippen molar-refractivity contribution >= 4 is 11.8 Å². The van der Waals surface area contributed by atoms with E-state index < -0.39 is 23.6 Å². The molecule has 1 aliphatic rings. The fraction of sp³-hybridized carbons (Fsp3) is 0.200. The van der Waals surface area contributed by atoms with Crippen LogP contribution in [-0.4, -0.2) is 34.4 Å². The van der Waals surface area contributed by atoms with E-state index in [-0.39, 0.29) is 23.8 Å². The summed E-state index contributed by atoms with van der Waals surface area (Å²) in [6, 6.07) is 9.29. The Morgan fingerprint density at radius 1 is 1.14 bits per heavy atom. The van der Waals surface area contributed by atoms with Gasteiger partial charge in [0.15, 0.2) is 5.76 Å². The monoisotopic (exact) mass is 385 g/mol. The number of benzene rings is 1. The Kier molecular flexibility index (Phi) is 4.68. The molecule has 0 radical (unpaired) electrons. The van der Waals surface area contributed by atoms with Crippen LogP contribution < -0.4 is 5.32 Å². The molecule has 3 heterocycles. The van der Waals surface area contributed by atoms with Crippen LogP contribution in [0.15, 0.2) is 59.3 Å². The van der Waals surface area contributed by atoms with Gasteiger partial charge in [0.05, 0.1) is 12.8 Å². The smallest absolute Gasteiger partial charge is 0.287 e. The fourth-order valence-electron chi connectivity index (χ4n) is 3.45. The minimum Gasteiger partial charge on any atom is -0.459 e. The van der Waals surface area contributed by atoms with Crippen molar-refractivity contribution < 1.29 is 22.8 Å². The van der Waals surface area contributed by atoms with Gasteiger partial charge >= 0.3 is 0 Å². The normalized spacial score (nSPS) is 15.9. The summed E-state index contributed by atoms with van der Waals surface area (Å²) < 4.78 is 34.8. The van der Waals surface area contributed by atoms with Gasteiger partial charge in [0.1, 0.15) is 17.7 Å². The molecule has 1 atom stereocenters. The SMILES string of the molecule is O=C(NCC(=O)N1CCn2cccc2[C@H]1c1ccc(F)cc1F)c1ccco1. The van der Waals surface area contributed by atoms with Crippen molar-refractivity contribution in [3.8, 4) is 0 Å². The lowest BCUT2D eigenvalue weighted by atomic mass is 9.99. The Labute approximate surface area is 159 Å². The zero-order valence-corrected chi connectivity index (χ0v) is 14.8. The Balaban J connectivity index is 1.59. The number of carbonyl (C=O) groups excluding carboxylic acids is 2. The molecule has 4 rings (SSSR count). The molecule has 0 saturated carbocycles. The molecular weight excluding hydrogens is 368 g/mol. The molecule has 1 aliphatic heterocycles. The van der Waals surface area contributed by atoms with Gasteiger partial charge in [-0.3, -0.25) is 9.59 Å². The number of hydrogen-bond acceptors (Lipinski definition) is 3. The predicted octanol–water partition coefficient (Wildman–Crippen LogP) is 2.72. The lowest BCUT2D eigenvalue weighted by Gasteiger charge is -2.37. The van der Waals surface area contributed by atoms with E-state index in [0.717, 1.165) is 11.8 Å². The predicted molar refractivity (Wildman–Crippen MR) is 95.4 cm³/mol. The highest BCUT2D eigenvalue weighted by molar-refractivity contribution is 5.94. The number of furan rings is 1. The van der Waals surface area contributed by atoms with Crippen LogP contribution in [0.3, 0.4) is 0 Å².